The number of nitrogens with zero attached hydrogens (tertiary/aromatic N) is 3. The van der Waals surface area contributed by atoms with Crippen LogP contribution in [0.4, 0.5) is 0 Å². The van der Waals surface area contributed by atoms with Gasteiger partial charge in [0.05, 0.1) is 17.6 Å². The summed E-state index contributed by atoms with van der Waals surface area (Å²) in [4.78, 5) is 0.986. The number of hydrogen-bond acceptors (Lipinski definition) is 6. The first-order valence-corrected chi connectivity index (χ1v) is 8.67. The first-order chi connectivity index (χ1) is 12.3. The van der Waals surface area contributed by atoms with Gasteiger partial charge in [0.1, 0.15) is 18.9 Å². The molecule has 3 aromatic rings. The van der Waals surface area contributed by atoms with E-state index in [1.165, 1.54) is 0 Å². The molecule has 2 aromatic heterocycles. The highest BCUT2D eigenvalue weighted by Crippen LogP contribution is 2.31. The van der Waals surface area contributed by atoms with Gasteiger partial charge in [0.25, 0.3) is 0 Å². The molecule has 0 radical (unpaired) electrons. The Morgan fingerprint density at radius 2 is 2.20 bits per heavy atom. The molecule has 0 spiro atoms. The summed E-state index contributed by atoms with van der Waals surface area (Å²) in [6.07, 6.45) is 1.78. The Morgan fingerprint density at radius 3 is 3.08 bits per heavy atom. The first-order valence-electron chi connectivity index (χ1n) is 7.79. The summed E-state index contributed by atoms with van der Waals surface area (Å²) in [5.41, 5.74) is 1.66. The minimum atomic E-state index is -0.145. The van der Waals surface area contributed by atoms with Crippen molar-refractivity contribution >= 4 is 11.3 Å². The molecule has 1 aliphatic rings. The maximum absolute atomic E-state index is 8.75. The number of hydrogen-bond donors (Lipinski definition) is 1. The fourth-order valence-electron chi connectivity index (χ4n) is 2.54. The van der Waals surface area contributed by atoms with E-state index < -0.39 is 0 Å². The minimum Gasteiger partial charge on any atom is -0.486 e. The zero-order chi connectivity index (χ0) is 17.1. The van der Waals surface area contributed by atoms with E-state index in [1.54, 1.807) is 16.0 Å². The van der Waals surface area contributed by atoms with E-state index in [2.05, 4.69) is 22.2 Å². The van der Waals surface area contributed by atoms with Crippen molar-refractivity contribution < 1.29 is 14.6 Å². The standard InChI is InChI=1S/C18H15N3O3S/c22-7-3-4-13-8-18(25-12-13)15-10-21(20-19-15)9-14-11-23-16-5-1-2-6-17(16)24-14/h1-2,5-6,8,10,12,14,22H,7,9,11H2. The van der Waals surface area contributed by atoms with E-state index in [0.717, 1.165) is 27.6 Å². The maximum Gasteiger partial charge on any atom is 0.161 e. The number of thiophene rings is 1. The van der Waals surface area contributed by atoms with Crippen molar-refractivity contribution in [2.75, 3.05) is 13.2 Å². The lowest BCUT2D eigenvalue weighted by Crippen LogP contribution is -2.33. The van der Waals surface area contributed by atoms with Crippen LogP contribution in [0, 0.1) is 11.8 Å². The summed E-state index contributed by atoms with van der Waals surface area (Å²) < 4.78 is 13.4. The molecule has 1 aliphatic heterocycles. The summed E-state index contributed by atoms with van der Waals surface area (Å²) in [5, 5.41) is 19.1. The largest absolute Gasteiger partial charge is 0.486 e. The molecule has 3 heterocycles. The molecule has 1 unspecified atom stereocenters. The van der Waals surface area contributed by atoms with Crippen molar-refractivity contribution in [3.05, 3.63) is 47.5 Å². The average molecular weight is 353 g/mol. The second-order valence-electron chi connectivity index (χ2n) is 5.48. The summed E-state index contributed by atoms with van der Waals surface area (Å²) in [5.74, 6) is 7.05. The van der Waals surface area contributed by atoms with E-state index in [1.807, 2.05) is 41.9 Å². The van der Waals surface area contributed by atoms with Crippen LogP contribution in [0.3, 0.4) is 0 Å². The third-order valence-corrected chi connectivity index (χ3v) is 4.61. The van der Waals surface area contributed by atoms with Gasteiger partial charge in [0, 0.05) is 10.9 Å². The van der Waals surface area contributed by atoms with Crippen LogP contribution in [0.1, 0.15) is 5.56 Å². The summed E-state index contributed by atoms with van der Waals surface area (Å²) in [7, 11) is 0. The number of aliphatic hydroxyl groups is 1. The van der Waals surface area contributed by atoms with Crippen molar-refractivity contribution in [2.24, 2.45) is 0 Å². The Balaban J connectivity index is 1.44. The van der Waals surface area contributed by atoms with Crippen LogP contribution in [0.15, 0.2) is 41.9 Å². The number of aromatic nitrogens is 3. The summed E-state index contributed by atoms with van der Waals surface area (Å²) >= 11 is 1.55. The van der Waals surface area contributed by atoms with Crippen LogP contribution >= 0.6 is 11.3 Å². The number of benzene rings is 1. The molecule has 0 bridgehead atoms. The van der Waals surface area contributed by atoms with Gasteiger partial charge >= 0.3 is 0 Å². The van der Waals surface area contributed by atoms with Crippen molar-refractivity contribution in [1.29, 1.82) is 0 Å². The Morgan fingerprint density at radius 1 is 1.32 bits per heavy atom. The van der Waals surface area contributed by atoms with E-state index in [0.29, 0.717) is 13.2 Å². The highest BCUT2D eigenvalue weighted by molar-refractivity contribution is 7.13. The lowest BCUT2D eigenvalue weighted by atomic mass is 10.2. The van der Waals surface area contributed by atoms with Crippen LogP contribution in [-0.2, 0) is 6.54 Å². The average Bonchev–Trinajstić information content (AvgIpc) is 3.29. The molecule has 0 aliphatic carbocycles. The number of rotatable bonds is 3. The van der Waals surface area contributed by atoms with Crippen molar-refractivity contribution in [1.82, 2.24) is 15.0 Å². The molecule has 4 rings (SSSR count). The smallest absolute Gasteiger partial charge is 0.161 e. The second kappa shape index (κ2) is 6.97. The van der Waals surface area contributed by atoms with Gasteiger partial charge < -0.3 is 14.6 Å². The number of fused-ring (bicyclic) bond motifs is 1. The van der Waals surface area contributed by atoms with Crippen LogP contribution in [0.2, 0.25) is 0 Å². The fraction of sp³-hybridized carbons (Fsp3) is 0.222. The molecule has 126 valence electrons. The lowest BCUT2D eigenvalue weighted by Gasteiger charge is -2.26. The van der Waals surface area contributed by atoms with E-state index in [4.69, 9.17) is 14.6 Å². The monoisotopic (exact) mass is 353 g/mol. The molecule has 0 saturated carbocycles. The molecular weight excluding hydrogens is 338 g/mol. The molecule has 0 saturated heterocycles. The number of para-hydroxylation sites is 2. The molecule has 1 N–H and O–H groups in total. The Kier molecular flexibility index (Phi) is 4.37. The van der Waals surface area contributed by atoms with Gasteiger partial charge in [0.2, 0.25) is 0 Å². The summed E-state index contributed by atoms with van der Waals surface area (Å²) in [6.45, 7) is 0.893. The molecule has 1 atom stereocenters. The Labute approximate surface area is 148 Å². The molecule has 0 amide bonds. The Hall–Kier alpha value is -2.82. The van der Waals surface area contributed by atoms with Crippen molar-refractivity contribution in [2.45, 2.75) is 12.6 Å². The van der Waals surface area contributed by atoms with Crippen LogP contribution in [0.5, 0.6) is 11.5 Å². The lowest BCUT2D eigenvalue weighted by molar-refractivity contribution is 0.0755. The highest BCUT2D eigenvalue weighted by Gasteiger charge is 2.21. The predicted octanol–water partition coefficient (Wildman–Crippen LogP) is 2.19. The maximum atomic E-state index is 8.75. The molecule has 0 fully saturated rings. The van der Waals surface area contributed by atoms with Crippen LogP contribution < -0.4 is 9.47 Å². The molecule has 25 heavy (non-hydrogen) atoms. The summed E-state index contributed by atoms with van der Waals surface area (Å²) in [6, 6.07) is 9.58. The Bertz CT molecular complexity index is 938. The molecule has 1 aromatic carbocycles. The minimum absolute atomic E-state index is 0.112. The van der Waals surface area contributed by atoms with Gasteiger partial charge in [-0.15, -0.1) is 16.4 Å². The zero-order valence-electron chi connectivity index (χ0n) is 13.3. The first kappa shape index (κ1) is 15.7. The van der Waals surface area contributed by atoms with Gasteiger partial charge in [-0.05, 0) is 18.2 Å². The predicted molar refractivity (Wildman–Crippen MR) is 93.7 cm³/mol. The van der Waals surface area contributed by atoms with Gasteiger partial charge in [-0.25, -0.2) is 4.68 Å². The van der Waals surface area contributed by atoms with Gasteiger partial charge in [0.15, 0.2) is 17.6 Å². The quantitative estimate of drug-likeness (QED) is 0.731. The van der Waals surface area contributed by atoms with E-state index in [9.17, 15) is 0 Å². The zero-order valence-corrected chi connectivity index (χ0v) is 14.1. The van der Waals surface area contributed by atoms with Crippen molar-refractivity contribution in [3.63, 3.8) is 0 Å². The molecule has 6 nitrogen and oxygen atoms in total. The van der Waals surface area contributed by atoms with E-state index in [-0.39, 0.29) is 12.7 Å². The third kappa shape index (κ3) is 3.50. The SMILES string of the molecule is OCC#Cc1csc(-c2cn(CC3COc4ccccc4O3)nn2)c1. The number of ether oxygens (including phenoxy) is 2. The second-order valence-corrected chi connectivity index (χ2v) is 6.39. The van der Waals surface area contributed by atoms with E-state index >= 15 is 0 Å². The normalized spacial score (nSPS) is 15.5. The number of aliphatic hydroxyl groups excluding tert-OH is 1. The van der Waals surface area contributed by atoms with Gasteiger partial charge in [-0.1, -0.05) is 29.2 Å². The van der Waals surface area contributed by atoms with Crippen LogP contribution in [0.25, 0.3) is 10.6 Å². The highest BCUT2D eigenvalue weighted by atomic mass is 32.1. The van der Waals surface area contributed by atoms with Crippen molar-refractivity contribution in [3.8, 4) is 33.9 Å². The third-order valence-electron chi connectivity index (χ3n) is 3.66. The molecular formula is C18H15N3O3S. The molecule has 7 heteroatoms. The van der Waals surface area contributed by atoms with Gasteiger partial charge in [-0.3, -0.25) is 0 Å². The van der Waals surface area contributed by atoms with Gasteiger partial charge in [-0.2, -0.15) is 0 Å². The van der Waals surface area contributed by atoms with Crippen LogP contribution in [-0.4, -0.2) is 39.4 Å². The topological polar surface area (TPSA) is 69.4 Å². The fourth-order valence-corrected chi connectivity index (χ4v) is 3.33.